The molecule has 0 N–H and O–H groups in total. The van der Waals surface area contributed by atoms with E-state index in [1.54, 1.807) is 0 Å². The second-order valence-electron chi connectivity index (χ2n) is 4.49. The Labute approximate surface area is 83.8 Å². The Morgan fingerprint density at radius 2 is 2.29 bits per heavy atom. The Hall–Kier alpha value is -0.930. The van der Waals surface area contributed by atoms with E-state index in [2.05, 4.69) is 0 Å². The van der Waals surface area contributed by atoms with Crippen LogP contribution in [-0.2, 0) is 4.79 Å². The van der Waals surface area contributed by atoms with E-state index in [0.717, 1.165) is 25.5 Å². The standard InChI is InChI=1S/C10H17NO3/c1-8(2)10(7-12)5-3-4-9(10)6-11(13)14/h7-9H,3-6H2,1-2H3/t9-,10+/m0/s1. The zero-order chi connectivity index (χ0) is 10.8. The number of hydrogen-bond donors (Lipinski definition) is 0. The predicted octanol–water partition coefficient (Wildman–Crippen LogP) is 1.90. The van der Waals surface area contributed by atoms with Gasteiger partial charge in [-0.3, -0.25) is 10.1 Å². The third-order valence-corrected chi connectivity index (χ3v) is 3.59. The van der Waals surface area contributed by atoms with Crippen LogP contribution in [0.2, 0.25) is 0 Å². The maximum absolute atomic E-state index is 11.1. The summed E-state index contributed by atoms with van der Waals surface area (Å²) < 4.78 is 0. The van der Waals surface area contributed by atoms with Crippen LogP contribution < -0.4 is 0 Å². The van der Waals surface area contributed by atoms with Crippen LogP contribution in [0.4, 0.5) is 0 Å². The van der Waals surface area contributed by atoms with Crippen molar-refractivity contribution in [2.45, 2.75) is 33.1 Å². The Morgan fingerprint density at radius 3 is 2.71 bits per heavy atom. The third kappa shape index (κ3) is 1.79. The van der Waals surface area contributed by atoms with E-state index in [-0.39, 0.29) is 23.3 Å². The SMILES string of the molecule is CC(C)[C@]1(C=O)CCC[C@H]1C[N+](=O)[O-]. The number of nitro groups is 1. The largest absolute Gasteiger partial charge is 0.303 e. The van der Waals surface area contributed by atoms with E-state index in [0.29, 0.717) is 0 Å². The van der Waals surface area contributed by atoms with Gasteiger partial charge in [-0.05, 0) is 18.8 Å². The Bertz CT molecular complexity index is 240. The number of nitrogens with zero attached hydrogens (tertiary/aromatic N) is 1. The van der Waals surface area contributed by atoms with Gasteiger partial charge in [-0.25, -0.2) is 0 Å². The van der Waals surface area contributed by atoms with Gasteiger partial charge in [-0.15, -0.1) is 0 Å². The van der Waals surface area contributed by atoms with E-state index < -0.39 is 5.41 Å². The first kappa shape index (κ1) is 11.1. The van der Waals surface area contributed by atoms with Crippen LogP contribution in [-0.4, -0.2) is 17.8 Å². The van der Waals surface area contributed by atoms with Crippen molar-refractivity contribution in [3.8, 4) is 0 Å². The van der Waals surface area contributed by atoms with E-state index in [9.17, 15) is 14.9 Å². The molecule has 0 amide bonds. The molecule has 4 heteroatoms. The average Bonchev–Trinajstić information content (AvgIpc) is 2.47. The first-order valence-electron chi connectivity index (χ1n) is 5.11. The average molecular weight is 199 g/mol. The molecule has 0 aliphatic heterocycles. The summed E-state index contributed by atoms with van der Waals surface area (Å²) >= 11 is 0. The molecule has 0 aromatic carbocycles. The second-order valence-corrected chi connectivity index (χ2v) is 4.49. The maximum Gasteiger partial charge on any atom is 0.207 e. The van der Waals surface area contributed by atoms with Crippen molar-refractivity contribution in [3.05, 3.63) is 10.1 Å². The lowest BCUT2D eigenvalue weighted by Crippen LogP contribution is -2.36. The molecule has 0 spiro atoms. The highest BCUT2D eigenvalue weighted by atomic mass is 16.6. The summed E-state index contributed by atoms with van der Waals surface area (Å²) in [5.74, 6) is 0.141. The molecule has 4 nitrogen and oxygen atoms in total. The van der Waals surface area contributed by atoms with Gasteiger partial charge >= 0.3 is 0 Å². The van der Waals surface area contributed by atoms with Crippen molar-refractivity contribution < 1.29 is 9.72 Å². The molecule has 0 unspecified atom stereocenters. The van der Waals surface area contributed by atoms with Gasteiger partial charge in [0.2, 0.25) is 6.54 Å². The van der Waals surface area contributed by atoms with Gasteiger partial charge < -0.3 is 4.79 Å². The van der Waals surface area contributed by atoms with Crippen LogP contribution in [0.15, 0.2) is 0 Å². The quantitative estimate of drug-likeness (QED) is 0.394. The summed E-state index contributed by atoms with van der Waals surface area (Å²) in [6.07, 6.45) is 3.53. The highest BCUT2D eigenvalue weighted by molar-refractivity contribution is 5.61. The number of carbonyl (C=O) groups excluding carboxylic acids is 1. The van der Waals surface area contributed by atoms with Crippen molar-refractivity contribution in [2.75, 3.05) is 6.54 Å². The van der Waals surface area contributed by atoms with E-state index in [4.69, 9.17) is 0 Å². The van der Waals surface area contributed by atoms with Crippen LogP contribution in [0.5, 0.6) is 0 Å². The molecule has 14 heavy (non-hydrogen) atoms. The molecule has 1 aliphatic carbocycles. The molecule has 1 fully saturated rings. The van der Waals surface area contributed by atoms with E-state index in [1.807, 2.05) is 13.8 Å². The fraction of sp³-hybridized carbons (Fsp3) is 0.900. The van der Waals surface area contributed by atoms with Gasteiger partial charge in [0.25, 0.3) is 0 Å². The number of hydrogen-bond acceptors (Lipinski definition) is 3. The van der Waals surface area contributed by atoms with Crippen molar-refractivity contribution in [1.29, 1.82) is 0 Å². The summed E-state index contributed by atoms with van der Waals surface area (Å²) in [4.78, 5) is 21.3. The predicted molar refractivity (Wildman–Crippen MR) is 52.5 cm³/mol. The summed E-state index contributed by atoms with van der Waals surface area (Å²) in [6, 6.07) is 0. The van der Waals surface area contributed by atoms with Gasteiger partial charge in [0.05, 0.1) is 0 Å². The first-order valence-corrected chi connectivity index (χ1v) is 5.11. The fourth-order valence-corrected chi connectivity index (χ4v) is 2.62. The van der Waals surface area contributed by atoms with Crippen LogP contribution >= 0.6 is 0 Å². The summed E-state index contributed by atoms with van der Waals surface area (Å²) in [5, 5.41) is 10.5. The van der Waals surface area contributed by atoms with Gasteiger partial charge in [0, 0.05) is 16.3 Å². The third-order valence-electron chi connectivity index (χ3n) is 3.59. The number of aldehydes is 1. The van der Waals surface area contributed by atoms with Crippen molar-refractivity contribution in [2.24, 2.45) is 17.3 Å². The number of rotatable bonds is 4. The molecule has 0 radical (unpaired) electrons. The molecule has 0 bridgehead atoms. The van der Waals surface area contributed by atoms with Crippen LogP contribution in [0.1, 0.15) is 33.1 Å². The lowest BCUT2D eigenvalue weighted by Gasteiger charge is -2.31. The van der Waals surface area contributed by atoms with Gasteiger partial charge in [0.15, 0.2) is 0 Å². The van der Waals surface area contributed by atoms with Gasteiger partial charge in [0.1, 0.15) is 6.29 Å². The summed E-state index contributed by atoms with van der Waals surface area (Å²) in [6.45, 7) is 3.90. The molecule has 1 rings (SSSR count). The molecule has 1 aliphatic rings. The summed E-state index contributed by atoms with van der Waals surface area (Å²) in [5.41, 5.74) is -0.437. The van der Waals surface area contributed by atoms with Gasteiger partial charge in [-0.1, -0.05) is 20.3 Å². The lowest BCUT2D eigenvalue weighted by molar-refractivity contribution is -0.490. The van der Waals surface area contributed by atoms with Crippen LogP contribution in [0.25, 0.3) is 0 Å². The van der Waals surface area contributed by atoms with E-state index in [1.165, 1.54) is 0 Å². The van der Waals surface area contributed by atoms with Crippen LogP contribution in [0, 0.1) is 27.4 Å². The first-order chi connectivity index (χ1) is 6.53. The maximum atomic E-state index is 11.1. The monoisotopic (exact) mass is 199 g/mol. The smallest absolute Gasteiger partial charge is 0.207 e. The Morgan fingerprint density at radius 1 is 1.64 bits per heavy atom. The minimum atomic E-state index is -0.437. The van der Waals surface area contributed by atoms with Crippen molar-refractivity contribution in [1.82, 2.24) is 0 Å². The number of carbonyl (C=O) groups is 1. The zero-order valence-corrected chi connectivity index (χ0v) is 8.73. The lowest BCUT2D eigenvalue weighted by atomic mass is 9.70. The second kappa shape index (κ2) is 4.07. The highest BCUT2D eigenvalue weighted by Crippen LogP contribution is 2.47. The molecule has 0 aromatic rings. The Kier molecular flexibility index (Phi) is 3.24. The normalized spacial score (nSPS) is 32.1. The topological polar surface area (TPSA) is 60.2 Å². The zero-order valence-electron chi connectivity index (χ0n) is 8.73. The molecule has 0 saturated heterocycles. The minimum Gasteiger partial charge on any atom is -0.303 e. The minimum absolute atomic E-state index is 0.0586. The Balaban J connectivity index is 2.83. The van der Waals surface area contributed by atoms with Crippen molar-refractivity contribution in [3.63, 3.8) is 0 Å². The molecule has 0 aromatic heterocycles. The van der Waals surface area contributed by atoms with Gasteiger partial charge in [-0.2, -0.15) is 0 Å². The molecule has 2 atom stereocenters. The van der Waals surface area contributed by atoms with Crippen LogP contribution in [0.3, 0.4) is 0 Å². The molecule has 1 saturated carbocycles. The van der Waals surface area contributed by atoms with Crippen molar-refractivity contribution >= 4 is 6.29 Å². The van der Waals surface area contributed by atoms with E-state index >= 15 is 0 Å². The molecular formula is C10H17NO3. The fourth-order valence-electron chi connectivity index (χ4n) is 2.62. The molecule has 80 valence electrons. The summed E-state index contributed by atoms with van der Waals surface area (Å²) in [7, 11) is 0. The molecular weight excluding hydrogens is 182 g/mol. The molecule has 0 heterocycles. The highest BCUT2D eigenvalue weighted by Gasteiger charge is 2.47.